The second-order valence-electron chi connectivity index (χ2n) is 4.93. The van der Waals surface area contributed by atoms with Gasteiger partial charge in [-0.3, -0.25) is 4.79 Å². The van der Waals surface area contributed by atoms with Crippen LogP contribution in [0.2, 0.25) is 5.02 Å². The van der Waals surface area contributed by atoms with E-state index in [4.69, 9.17) is 11.6 Å². The van der Waals surface area contributed by atoms with Crippen molar-refractivity contribution in [3.05, 3.63) is 62.1 Å². The quantitative estimate of drug-likeness (QED) is 0.447. The Morgan fingerprint density at radius 1 is 1.28 bits per heavy atom. The predicted molar refractivity (Wildman–Crippen MR) is 109 cm³/mol. The molecular weight excluding hydrogens is 394 g/mol. The van der Waals surface area contributed by atoms with Crippen molar-refractivity contribution in [3.63, 3.8) is 0 Å². The maximum Gasteiger partial charge on any atom is 0.250 e. The van der Waals surface area contributed by atoms with E-state index in [1.807, 2.05) is 47.2 Å². The third-order valence-corrected chi connectivity index (χ3v) is 6.11. The molecule has 3 rings (SSSR count). The van der Waals surface area contributed by atoms with Crippen molar-refractivity contribution in [2.45, 2.75) is 5.75 Å². The summed E-state index contributed by atoms with van der Waals surface area (Å²) >= 11 is 10.6. The molecule has 1 N–H and O–H groups in total. The van der Waals surface area contributed by atoms with E-state index in [0.29, 0.717) is 16.5 Å². The monoisotopic (exact) mass is 407 g/mol. The van der Waals surface area contributed by atoms with Crippen molar-refractivity contribution in [3.8, 4) is 11.3 Å². The van der Waals surface area contributed by atoms with Gasteiger partial charge in [0.2, 0.25) is 5.91 Å². The summed E-state index contributed by atoms with van der Waals surface area (Å²) < 4.78 is 0. The van der Waals surface area contributed by atoms with Crippen LogP contribution in [0, 0.1) is 0 Å². The summed E-state index contributed by atoms with van der Waals surface area (Å²) in [7, 11) is 0. The highest BCUT2D eigenvalue weighted by Gasteiger charge is 2.06. The first-order valence-corrected chi connectivity index (χ1v) is 10.6. The van der Waals surface area contributed by atoms with Gasteiger partial charge in [-0.1, -0.05) is 29.8 Å². The normalized spacial score (nSPS) is 11.1. The van der Waals surface area contributed by atoms with Crippen LogP contribution in [-0.2, 0) is 10.5 Å². The number of rotatable bonds is 7. The number of halogens is 1. The number of hydrogen-bond acceptors (Lipinski definition) is 6. The smallest absolute Gasteiger partial charge is 0.250 e. The summed E-state index contributed by atoms with van der Waals surface area (Å²) in [5.41, 5.74) is 4.50. The number of aromatic nitrogens is 1. The maximum absolute atomic E-state index is 11.7. The van der Waals surface area contributed by atoms with Gasteiger partial charge >= 0.3 is 0 Å². The Morgan fingerprint density at radius 2 is 2.12 bits per heavy atom. The molecule has 2 aromatic heterocycles. The van der Waals surface area contributed by atoms with Crippen LogP contribution in [0.3, 0.4) is 0 Å². The van der Waals surface area contributed by atoms with Gasteiger partial charge in [-0.15, -0.1) is 34.4 Å². The third-order valence-electron chi connectivity index (χ3n) is 3.07. The van der Waals surface area contributed by atoms with Gasteiger partial charge in [0.1, 0.15) is 5.01 Å². The van der Waals surface area contributed by atoms with Gasteiger partial charge in [0.05, 0.1) is 17.7 Å². The van der Waals surface area contributed by atoms with Gasteiger partial charge in [-0.25, -0.2) is 10.4 Å². The second-order valence-corrected chi connectivity index (χ2v) is 8.28. The highest BCUT2D eigenvalue weighted by Crippen LogP contribution is 2.25. The molecule has 4 nitrogen and oxygen atoms in total. The fourth-order valence-corrected chi connectivity index (χ4v) is 4.34. The number of carbonyl (C=O) groups is 1. The molecule has 3 aromatic rings. The maximum atomic E-state index is 11.7. The molecule has 0 aliphatic rings. The number of thioether (sulfide) groups is 1. The lowest BCUT2D eigenvalue weighted by molar-refractivity contribution is -0.118. The standard InChI is InChI=1S/C17H14ClN3OS3/c18-13-5-3-12(4-6-13)15-9-25-17(20-15)11-23-10-16(22)21-19-8-14-2-1-7-24-14/h1-9H,10-11H2,(H,21,22)/b19-8+. The van der Waals surface area contributed by atoms with E-state index in [9.17, 15) is 4.79 Å². The van der Waals surface area contributed by atoms with Crippen molar-refractivity contribution in [1.82, 2.24) is 10.4 Å². The first-order chi connectivity index (χ1) is 12.2. The molecule has 0 radical (unpaired) electrons. The molecule has 1 amide bonds. The molecule has 0 saturated carbocycles. The Labute approximate surface area is 163 Å². The van der Waals surface area contributed by atoms with Crippen LogP contribution in [0.1, 0.15) is 9.88 Å². The topological polar surface area (TPSA) is 54.4 Å². The molecule has 2 heterocycles. The Morgan fingerprint density at radius 3 is 2.88 bits per heavy atom. The average Bonchev–Trinajstić information content (AvgIpc) is 3.28. The van der Waals surface area contributed by atoms with Gasteiger partial charge in [0.25, 0.3) is 0 Å². The van der Waals surface area contributed by atoms with E-state index in [0.717, 1.165) is 21.1 Å². The van der Waals surface area contributed by atoms with Crippen LogP contribution >= 0.6 is 46.0 Å². The molecule has 0 fully saturated rings. The van der Waals surface area contributed by atoms with Crippen LogP contribution in [0.15, 0.2) is 52.3 Å². The van der Waals surface area contributed by atoms with E-state index in [2.05, 4.69) is 15.5 Å². The molecule has 25 heavy (non-hydrogen) atoms. The molecule has 0 aliphatic carbocycles. The van der Waals surface area contributed by atoms with E-state index in [-0.39, 0.29) is 5.91 Å². The number of hydrazone groups is 1. The van der Waals surface area contributed by atoms with Crippen molar-refractivity contribution in [2.24, 2.45) is 5.10 Å². The van der Waals surface area contributed by atoms with E-state index >= 15 is 0 Å². The number of nitrogens with one attached hydrogen (secondary N) is 1. The van der Waals surface area contributed by atoms with Crippen LogP contribution in [0.5, 0.6) is 0 Å². The van der Waals surface area contributed by atoms with Crippen LogP contribution < -0.4 is 5.43 Å². The first kappa shape index (κ1) is 18.1. The summed E-state index contributed by atoms with van der Waals surface area (Å²) in [5, 5.41) is 9.62. The number of nitrogens with zero attached hydrogens (tertiary/aromatic N) is 2. The number of thiazole rings is 1. The van der Waals surface area contributed by atoms with Crippen molar-refractivity contribution < 1.29 is 4.79 Å². The van der Waals surface area contributed by atoms with Crippen molar-refractivity contribution in [1.29, 1.82) is 0 Å². The zero-order chi connectivity index (χ0) is 17.5. The number of carbonyl (C=O) groups excluding carboxylic acids is 1. The summed E-state index contributed by atoms with van der Waals surface area (Å²) in [5.74, 6) is 0.921. The van der Waals surface area contributed by atoms with E-state index in [1.54, 1.807) is 28.9 Å². The average molecular weight is 408 g/mol. The molecular formula is C17H14ClN3OS3. The van der Waals surface area contributed by atoms with E-state index < -0.39 is 0 Å². The van der Waals surface area contributed by atoms with Crippen LogP contribution in [-0.4, -0.2) is 22.9 Å². The summed E-state index contributed by atoms with van der Waals surface area (Å²) in [6, 6.07) is 11.5. The number of thiophene rings is 1. The molecule has 1 aromatic carbocycles. The second kappa shape index (κ2) is 9.15. The molecule has 0 bridgehead atoms. The molecule has 8 heteroatoms. The van der Waals surface area contributed by atoms with Crippen LogP contribution in [0.25, 0.3) is 11.3 Å². The summed E-state index contributed by atoms with van der Waals surface area (Å²) in [6.45, 7) is 0. The molecule has 128 valence electrons. The Balaban J connectivity index is 1.43. The highest BCUT2D eigenvalue weighted by molar-refractivity contribution is 7.99. The Hall–Kier alpha value is -1.67. The largest absolute Gasteiger partial charge is 0.272 e. The fourth-order valence-electron chi connectivity index (χ4n) is 1.93. The Bertz CT molecular complexity index is 844. The van der Waals surface area contributed by atoms with Crippen molar-refractivity contribution >= 4 is 58.2 Å². The number of amides is 1. The first-order valence-electron chi connectivity index (χ1n) is 7.34. The molecule has 0 spiro atoms. The lowest BCUT2D eigenvalue weighted by Gasteiger charge is -1.99. The molecule has 0 aliphatic heterocycles. The third kappa shape index (κ3) is 5.67. The van der Waals surface area contributed by atoms with Gasteiger partial charge in [-0.05, 0) is 23.6 Å². The molecule has 0 unspecified atom stereocenters. The Kier molecular flexibility index (Phi) is 6.63. The predicted octanol–water partition coefficient (Wildman–Crippen LogP) is 4.91. The van der Waals surface area contributed by atoms with Gasteiger partial charge < -0.3 is 0 Å². The summed E-state index contributed by atoms with van der Waals surface area (Å²) in [6.07, 6.45) is 1.65. The summed E-state index contributed by atoms with van der Waals surface area (Å²) in [4.78, 5) is 17.4. The minimum atomic E-state index is -0.118. The van der Waals surface area contributed by atoms with Crippen LogP contribution in [0.4, 0.5) is 0 Å². The SMILES string of the molecule is O=C(CSCc1nc(-c2ccc(Cl)cc2)cs1)N/N=C/c1cccs1. The number of hydrogen-bond donors (Lipinski definition) is 1. The number of benzene rings is 1. The minimum Gasteiger partial charge on any atom is -0.272 e. The van der Waals surface area contributed by atoms with Gasteiger partial charge in [0.15, 0.2) is 0 Å². The lowest BCUT2D eigenvalue weighted by Crippen LogP contribution is -2.19. The lowest BCUT2D eigenvalue weighted by atomic mass is 10.2. The molecule has 0 atom stereocenters. The molecule has 0 saturated heterocycles. The van der Waals surface area contributed by atoms with Gasteiger partial charge in [0, 0.05) is 26.6 Å². The zero-order valence-electron chi connectivity index (χ0n) is 13.0. The van der Waals surface area contributed by atoms with Crippen molar-refractivity contribution in [2.75, 3.05) is 5.75 Å². The minimum absolute atomic E-state index is 0.118. The fraction of sp³-hybridized carbons (Fsp3) is 0.118. The van der Waals surface area contributed by atoms with E-state index in [1.165, 1.54) is 11.8 Å². The highest BCUT2D eigenvalue weighted by atomic mass is 35.5. The zero-order valence-corrected chi connectivity index (χ0v) is 16.2. The van der Waals surface area contributed by atoms with Gasteiger partial charge in [-0.2, -0.15) is 5.10 Å².